The number of hydrogen-bond acceptors (Lipinski definition) is 5. The van der Waals surface area contributed by atoms with Crippen LogP contribution in [0.3, 0.4) is 0 Å². The van der Waals surface area contributed by atoms with Gasteiger partial charge in [-0.2, -0.15) is 0 Å². The molecule has 3 rings (SSSR count). The van der Waals surface area contributed by atoms with E-state index in [2.05, 4.69) is 15.3 Å². The molecule has 6 heteroatoms. The Kier molecular flexibility index (Phi) is 3.70. The van der Waals surface area contributed by atoms with Gasteiger partial charge < -0.3 is 10.4 Å². The van der Waals surface area contributed by atoms with Crippen LogP contribution in [0.25, 0.3) is 6.08 Å². The molecule has 2 heterocycles. The van der Waals surface area contributed by atoms with Crippen molar-refractivity contribution in [3.05, 3.63) is 59.3 Å². The lowest BCUT2D eigenvalue weighted by molar-refractivity contribution is -0.115. The Bertz CT molecular complexity index is 742. The van der Waals surface area contributed by atoms with Crippen molar-refractivity contribution in [2.75, 3.05) is 0 Å². The van der Waals surface area contributed by atoms with E-state index in [4.69, 9.17) is 0 Å². The zero-order valence-electron chi connectivity index (χ0n) is 10.9. The first-order valence-corrected chi connectivity index (χ1v) is 7.01. The maximum absolute atomic E-state index is 11.9. The molecule has 0 atom stereocenters. The second-order valence-corrected chi connectivity index (χ2v) is 5.31. The number of hydrogen-bond donors (Lipinski definition) is 2. The first-order chi connectivity index (χ1) is 10.2. The summed E-state index contributed by atoms with van der Waals surface area (Å²) in [5.74, 6) is -0.0468. The quantitative estimate of drug-likeness (QED) is 0.836. The highest BCUT2D eigenvalue weighted by Crippen LogP contribution is 2.28. The number of carbonyl (C=O) groups is 1. The van der Waals surface area contributed by atoms with Crippen LogP contribution in [0, 0.1) is 0 Å². The van der Waals surface area contributed by atoms with Gasteiger partial charge in [0.05, 0.1) is 10.6 Å². The van der Waals surface area contributed by atoms with Crippen molar-refractivity contribution in [3.8, 4) is 5.75 Å². The van der Waals surface area contributed by atoms with Gasteiger partial charge in [0, 0.05) is 18.5 Å². The zero-order chi connectivity index (χ0) is 14.7. The van der Waals surface area contributed by atoms with Gasteiger partial charge in [-0.05, 0) is 47.7 Å². The Morgan fingerprint density at radius 3 is 2.81 bits per heavy atom. The molecule has 1 aromatic carbocycles. The smallest absolute Gasteiger partial charge is 0.264 e. The number of nitrogens with zero attached hydrogens (tertiary/aromatic N) is 2. The molecule has 0 unspecified atom stereocenters. The van der Waals surface area contributed by atoms with Crippen molar-refractivity contribution in [2.24, 2.45) is 4.99 Å². The number of phenols is 1. The molecule has 1 aliphatic heterocycles. The van der Waals surface area contributed by atoms with Crippen LogP contribution in [0.5, 0.6) is 5.75 Å². The molecule has 5 nitrogen and oxygen atoms in total. The van der Waals surface area contributed by atoms with Crippen LogP contribution < -0.4 is 5.32 Å². The third kappa shape index (κ3) is 3.29. The van der Waals surface area contributed by atoms with Gasteiger partial charge in [-0.25, -0.2) is 4.99 Å². The summed E-state index contributed by atoms with van der Waals surface area (Å²) in [7, 11) is 0. The molecule has 104 valence electrons. The number of amides is 1. The van der Waals surface area contributed by atoms with E-state index in [1.54, 1.807) is 36.7 Å². The Hall–Kier alpha value is -2.60. The minimum Gasteiger partial charge on any atom is -0.508 e. The monoisotopic (exact) mass is 297 g/mol. The average Bonchev–Trinajstić information content (AvgIpc) is 2.80. The van der Waals surface area contributed by atoms with Gasteiger partial charge in [-0.3, -0.25) is 9.78 Å². The van der Waals surface area contributed by atoms with Crippen LogP contribution in [-0.4, -0.2) is 21.2 Å². The molecule has 2 aromatic rings. The Morgan fingerprint density at radius 1 is 1.24 bits per heavy atom. The molecule has 0 radical (unpaired) electrons. The molecule has 0 bridgehead atoms. The molecule has 1 amide bonds. The van der Waals surface area contributed by atoms with E-state index >= 15 is 0 Å². The van der Waals surface area contributed by atoms with Gasteiger partial charge in [0.15, 0.2) is 5.17 Å². The Balaban J connectivity index is 1.83. The van der Waals surface area contributed by atoms with Gasteiger partial charge in [-0.15, -0.1) is 0 Å². The number of carbonyl (C=O) groups excluding carboxylic acids is 1. The van der Waals surface area contributed by atoms with Crippen LogP contribution in [0.4, 0.5) is 5.69 Å². The molecule has 1 aliphatic rings. The van der Waals surface area contributed by atoms with Crippen LogP contribution in [-0.2, 0) is 4.79 Å². The number of pyridine rings is 1. The van der Waals surface area contributed by atoms with Crippen LogP contribution in [0.15, 0.2) is 58.7 Å². The molecule has 0 aliphatic carbocycles. The summed E-state index contributed by atoms with van der Waals surface area (Å²) >= 11 is 1.26. The topological polar surface area (TPSA) is 74.6 Å². The van der Waals surface area contributed by atoms with Crippen molar-refractivity contribution >= 4 is 34.6 Å². The van der Waals surface area contributed by atoms with E-state index in [0.717, 1.165) is 5.56 Å². The predicted molar refractivity (Wildman–Crippen MR) is 83.1 cm³/mol. The summed E-state index contributed by atoms with van der Waals surface area (Å²) in [4.78, 5) is 20.7. The first-order valence-electron chi connectivity index (χ1n) is 6.19. The summed E-state index contributed by atoms with van der Waals surface area (Å²) in [6.07, 6.45) is 5.13. The number of thioether (sulfide) groups is 1. The molecular formula is C15H11N3O2S. The number of amidine groups is 1. The summed E-state index contributed by atoms with van der Waals surface area (Å²) in [5, 5.41) is 12.6. The molecule has 1 fully saturated rings. The lowest BCUT2D eigenvalue weighted by Gasteiger charge is -1.96. The zero-order valence-corrected chi connectivity index (χ0v) is 11.7. The van der Waals surface area contributed by atoms with Gasteiger partial charge >= 0.3 is 0 Å². The van der Waals surface area contributed by atoms with Crippen LogP contribution >= 0.6 is 11.8 Å². The van der Waals surface area contributed by atoms with E-state index < -0.39 is 0 Å². The van der Waals surface area contributed by atoms with E-state index in [9.17, 15) is 9.90 Å². The van der Waals surface area contributed by atoms with E-state index in [0.29, 0.717) is 15.8 Å². The number of aromatic nitrogens is 1. The number of aliphatic imine (C=N–C) groups is 1. The highest BCUT2D eigenvalue weighted by Gasteiger charge is 2.23. The van der Waals surface area contributed by atoms with Gasteiger partial charge in [0.25, 0.3) is 5.91 Å². The number of aromatic hydroxyl groups is 1. The fraction of sp³-hybridized carbons (Fsp3) is 0. The fourth-order valence-electron chi connectivity index (χ4n) is 1.77. The van der Waals surface area contributed by atoms with Gasteiger partial charge in [0.1, 0.15) is 5.75 Å². The lowest BCUT2D eigenvalue weighted by Crippen LogP contribution is -2.19. The van der Waals surface area contributed by atoms with Crippen molar-refractivity contribution in [1.82, 2.24) is 10.3 Å². The minimum atomic E-state index is -0.185. The van der Waals surface area contributed by atoms with Crippen molar-refractivity contribution in [1.29, 1.82) is 0 Å². The maximum Gasteiger partial charge on any atom is 0.264 e. The standard InChI is InChI=1S/C15H11N3O2S/c19-12-3-1-2-11(9-12)17-15-18-14(20)13(21-15)8-10-4-6-16-7-5-10/h1-9,19H,(H,17,18,20)/b13-8-. The highest BCUT2D eigenvalue weighted by atomic mass is 32.2. The summed E-state index contributed by atoms with van der Waals surface area (Å²) in [5.41, 5.74) is 1.49. The highest BCUT2D eigenvalue weighted by molar-refractivity contribution is 8.18. The number of nitrogens with one attached hydrogen (secondary N) is 1. The SMILES string of the molecule is O=C1NC(=Nc2cccc(O)c2)S/C1=C\c1ccncc1. The Morgan fingerprint density at radius 2 is 2.05 bits per heavy atom. The molecule has 1 aromatic heterocycles. The maximum atomic E-state index is 11.9. The molecule has 2 N–H and O–H groups in total. The van der Waals surface area contributed by atoms with Gasteiger partial charge in [0.2, 0.25) is 0 Å². The van der Waals surface area contributed by atoms with Crippen LogP contribution in [0.1, 0.15) is 5.56 Å². The van der Waals surface area contributed by atoms with Crippen LogP contribution in [0.2, 0.25) is 0 Å². The predicted octanol–water partition coefficient (Wildman–Crippen LogP) is 2.68. The van der Waals surface area contributed by atoms with E-state index in [1.165, 1.54) is 17.8 Å². The number of rotatable bonds is 2. The van der Waals surface area contributed by atoms with Crippen molar-refractivity contribution in [3.63, 3.8) is 0 Å². The molecule has 1 saturated heterocycles. The molecule has 0 spiro atoms. The Labute approximate surface area is 125 Å². The molecular weight excluding hydrogens is 286 g/mol. The largest absolute Gasteiger partial charge is 0.508 e. The second-order valence-electron chi connectivity index (χ2n) is 4.28. The third-order valence-corrected chi connectivity index (χ3v) is 3.62. The number of benzene rings is 1. The summed E-state index contributed by atoms with van der Waals surface area (Å²) < 4.78 is 0. The van der Waals surface area contributed by atoms with Crippen molar-refractivity contribution < 1.29 is 9.90 Å². The fourth-order valence-corrected chi connectivity index (χ4v) is 2.61. The third-order valence-electron chi connectivity index (χ3n) is 2.72. The second kappa shape index (κ2) is 5.80. The lowest BCUT2D eigenvalue weighted by atomic mass is 10.2. The van der Waals surface area contributed by atoms with E-state index in [-0.39, 0.29) is 11.7 Å². The average molecular weight is 297 g/mol. The summed E-state index contributed by atoms with van der Waals surface area (Å²) in [6, 6.07) is 10.2. The first kappa shape index (κ1) is 13.4. The number of phenolic OH excluding ortho intramolecular Hbond substituents is 1. The van der Waals surface area contributed by atoms with Gasteiger partial charge in [-0.1, -0.05) is 6.07 Å². The molecule has 0 saturated carbocycles. The van der Waals surface area contributed by atoms with Crippen molar-refractivity contribution in [2.45, 2.75) is 0 Å². The normalized spacial score (nSPS) is 18.2. The minimum absolute atomic E-state index is 0.138. The molecule has 21 heavy (non-hydrogen) atoms. The van der Waals surface area contributed by atoms with E-state index in [1.807, 2.05) is 12.1 Å². The summed E-state index contributed by atoms with van der Waals surface area (Å²) in [6.45, 7) is 0.